The second-order valence-corrected chi connectivity index (χ2v) is 5.95. The second-order valence-electron chi connectivity index (χ2n) is 2.57. The molecule has 2 rings (SSSR count). The average molecular weight is 338 g/mol. The zero-order chi connectivity index (χ0) is 9.42. The molecule has 0 amide bonds. The third-order valence-corrected chi connectivity index (χ3v) is 5.18. The minimum Gasteiger partial charge on any atom is -0.142 e. The van der Waals surface area contributed by atoms with Crippen LogP contribution in [0.15, 0.2) is 27.3 Å². The summed E-state index contributed by atoms with van der Waals surface area (Å²) in [6.45, 7) is 0. The fourth-order valence-corrected chi connectivity index (χ4v) is 4.59. The van der Waals surface area contributed by atoms with Gasteiger partial charge in [0.1, 0.15) is 0 Å². The van der Waals surface area contributed by atoms with E-state index in [1.165, 1.54) is 18.6 Å². The van der Waals surface area contributed by atoms with Gasteiger partial charge in [-0.05, 0) is 41.0 Å². The van der Waals surface area contributed by atoms with Crippen molar-refractivity contribution in [1.82, 2.24) is 0 Å². The minimum atomic E-state index is 1.10. The molecule has 0 N–H and O–H groups in total. The first kappa shape index (κ1) is 10.1. The lowest BCUT2D eigenvalue weighted by Gasteiger charge is -2.00. The maximum absolute atomic E-state index is 4.45. The van der Waals surface area contributed by atoms with Gasteiger partial charge in [-0.2, -0.15) is 0 Å². The van der Waals surface area contributed by atoms with Crippen LogP contribution in [0.5, 0.6) is 0 Å². The van der Waals surface area contributed by atoms with Crippen LogP contribution in [-0.4, -0.2) is 6.26 Å². The van der Waals surface area contributed by atoms with Crippen LogP contribution in [-0.2, 0) is 0 Å². The molecule has 0 nitrogen and oxygen atoms in total. The molecule has 1 heterocycles. The summed E-state index contributed by atoms with van der Waals surface area (Å²) in [6.07, 6.45) is 2.11. The highest BCUT2D eigenvalue weighted by atomic mass is 127. The van der Waals surface area contributed by atoms with Gasteiger partial charge in [-0.1, -0.05) is 0 Å². The number of rotatable bonds is 1. The van der Waals surface area contributed by atoms with Gasteiger partial charge >= 0.3 is 0 Å². The van der Waals surface area contributed by atoms with Gasteiger partial charge < -0.3 is 0 Å². The van der Waals surface area contributed by atoms with Crippen LogP contribution in [0.3, 0.4) is 0 Å². The van der Waals surface area contributed by atoms with Crippen molar-refractivity contribution in [3.05, 3.63) is 21.1 Å². The van der Waals surface area contributed by atoms with E-state index in [2.05, 4.69) is 59.0 Å². The number of hydrogen-bond acceptors (Lipinski definition) is 3. The molecule has 0 saturated carbocycles. The Morgan fingerprint density at radius 1 is 1.46 bits per heavy atom. The van der Waals surface area contributed by atoms with Crippen molar-refractivity contribution < 1.29 is 0 Å². The highest BCUT2D eigenvalue weighted by Gasteiger charge is 2.08. The Morgan fingerprint density at radius 3 is 2.92 bits per heavy atom. The summed E-state index contributed by atoms with van der Waals surface area (Å²) in [5, 5.41) is 3.41. The highest BCUT2D eigenvalue weighted by Crippen LogP contribution is 2.37. The molecule has 4 heteroatoms. The molecular formula is C9H7IS3. The van der Waals surface area contributed by atoms with Crippen LogP contribution < -0.4 is 0 Å². The highest BCUT2D eigenvalue weighted by molar-refractivity contribution is 14.1. The van der Waals surface area contributed by atoms with Crippen LogP contribution in [0.1, 0.15) is 0 Å². The SMILES string of the molecule is CSc1ccc(I)c2c(S)csc12. The fourth-order valence-electron chi connectivity index (χ4n) is 1.23. The van der Waals surface area contributed by atoms with E-state index < -0.39 is 0 Å². The maximum Gasteiger partial charge on any atom is 0.0500 e. The summed E-state index contributed by atoms with van der Waals surface area (Å²) in [5.74, 6) is 0. The number of hydrogen-bond donors (Lipinski definition) is 1. The molecule has 0 spiro atoms. The molecule has 0 saturated heterocycles. The number of fused-ring (bicyclic) bond motifs is 1. The molecule has 0 unspecified atom stereocenters. The number of halogens is 1. The molecule has 0 aliphatic carbocycles. The fraction of sp³-hybridized carbons (Fsp3) is 0.111. The van der Waals surface area contributed by atoms with Crippen LogP contribution in [0.4, 0.5) is 0 Å². The number of thiol groups is 1. The van der Waals surface area contributed by atoms with E-state index >= 15 is 0 Å². The van der Waals surface area contributed by atoms with Crippen molar-refractivity contribution >= 4 is 68.4 Å². The summed E-state index contributed by atoms with van der Waals surface area (Å²) in [4.78, 5) is 2.45. The topological polar surface area (TPSA) is 0 Å². The zero-order valence-electron chi connectivity index (χ0n) is 6.87. The van der Waals surface area contributed by atoms with Crippen molar-refractivity contribution in [2.45, 2.75) is 9.79 Å². The van der Waals surface area contributed by atoms with E-state index in [0.29, 0.717) is 0 Å². The Hall–Kier alpha value is 0.610. The Morgan fingerprint density at radius 2 is 2.23 bits per heavy atom. The lowest BCUT2D eigenvalue weighted by molar-refractivity contribution is 1.54. The molecule has 2 aromatic rings. The summed E-state index contributed by atoms with van der Waals surface area (Å²) >= 11 is 10.4. The van der Waals surface area contributed by atoms with Crippen molar-refractivity contribution in [2.24, 2.45) is 0 Å². The largest absolute Gasteiger partial charge is 0.142 e. The van der Waals surface area contributed by atoms with Gasteiger partial charge in [-0.3, -0.25) is 0 Å². The van der Waals surface area contributed by atoms with E-state index in [9.17, 15) is 0 Å². The first-order chi connectivity index (χ1) is 6.24. The first-order valence-electron chi connectivity index (χ1n) is 3.66. The van der Waals surface area contributed by atoms with Gasteiger partial charge in [0.2, 0.25) is 0 Å². The number of thioether (sulfide) groups is 1. The Balaban J connectivity index is 2.87. The molecule has 0 aliphatic heterocycles. The molecule has 68 valence electrons. The van der Waals surface area contributed by atoms with E-state index in [-0.39, 0.29) is 0 Å². The summed E-state index contributed by atoms with van der Waals surface area (Å²) in [5.41, 5.74) is 0. The molecule has 1 aromatic carbocycles. The Bertz CT molecular complexity index is 447. The van der Waals surface area contributed by atoms with E-state index in [0.717, 1.165) is 4.90 Å². The van der Waals surface area contributed by atoms with Gasteiger partial charge in [0.05, 0.1) is 4.70 Å². The molecule has 13 heavy (non-hydrogen) atoms. The molecule has 0 aliphatic rings. The van der Waals surface area contributed by atoms with Crippen molar-refractivity contribution in [3.8, 4) is 0 Å². The lowest BCUT2D eigenvalue weighted by atomic mass is 10.3. The molecule has 1 aromatic heterocycles. The van der Waals surface area contributed by atoms with Gasteiger partial charge in [-0.25, -0.2) is 0 Å². The van der Waals surface area contributed by atoms with Crippen molar-refractivity contribution in [1.29, 1.82) is 0 Å². The minimum absolute atomic E-state index is 1.10. The Labute approximate surface area is 105 Å². The zero-order valence-corrected chi connectivity index (χ0v) is 11.6. The second kappa shape index (κ2) is 4.00. The maximum atomic E-state index is 4.45. The Kier molecular flexibility index (Phi) is 3.12. The van der Waals surface area contributed by atoms with Gasteiger partial charge in [0.25, 0.3) is 0 Å². The third kappa shape index (κ3) is 1.73. The third-order valence-electron chi connectivity index (χ3n) is 1.84. The molecule has 0 bridgehead atoms. The lowest BCUT2D eigenvalue weighted by Crippen LogP contribution is -1.76. The molecule has 0 atom stereocenters. The van der Waals surface area contributed by atoms with E-state index in [1.807, 2.05) is 0 Å². The van der Waals surface area contributed by atoms with Crippen molar-refractivity contribution in [2.75, 3.05) is 6.26 Å². The molecule has 0 fully saturated rings. The van der Waals surface area contributed by atoms with Gasteiger partial charge in [-0.15, -0.1) is 35.7 Å². The summed E-state index contributed by atoms with van der Waals surface area (Å²) < 4.78 is 2.65. The standard InChI is InChI=1S/C9H7IS3/c1-12-7-3-2-5(10)8-6(11)4-13-9(7)8/h2-4,11H,1H3. The quantitative estimate of drug-likeness (QED) is 0.453. The molecular weight excluding hydrogens is 331 g/mol. The van der Waals surface area contributed by atoms with Gasteiger partial charge in [0.15, 0.2) is 0 Å². The van der Waals surface area contributed by atoms with Crippen molar-refractivity contribution in [3.63, 3.8) is 0 Å². The normalized spacial score (nSPS) is 11.0. The summed E-state index contributed by atoms with van der Waals surface area (Å²) in [6, 6.07) is 4.33. The van der Waals surface area contributed by atoms with E-state index in [4.69, 9.17) is 0 Å². The van der Waals surface area contributed by atoms with Crippen LogP contribution in [0.25, 0.3) is 10.1 Å². The average Bonchev–Trinajstić information content (AvgIpc) is 2.50. The smallest absolute Gasteiger partial charge is 0.0500 e. The first-order valence-corrected chi connectivity index (χ1v) is 7.29. The number of thiophene rings is 1. The monoisotopic (exact) mass is 338 g/mol. The van der Waals surface area contributed by atoms with Crippen LogP contribution in [0.2, 0.25) is 0 Å². The van der Waals surface area contributed by atoms with Crippen LogP contribution in [0, 0.1) is 3.57 Å². The summed E-state index contributed by atoms with van der Waals surface area (Å²) in [7, 11) is 0. The van der Waals surface area contributed by atoms with E-state index in [1.54, 1.807) is 23.1 Å². The van der Waals surface area contributed by atoms with Crippen LogP contribution >= 0.6 is 58.3 Å². The predicted molar refractivity (Wildman–Crippen MR) is 73.6 cm³/mol. The number of benzene rings is 1. The van der Waals surface area contributed by atoms with Gasteiger partial charge in [0, 0.05) is 24.1 Å². The molecule has 0 radical (unpaired) electrons. The predicted octanol–water partition coefficient (Wildman–Crippen LogP) is 4.52.